The van der Waals surface area contributed by atoms with Crippen LogP contribution in [0, 0.1) is 12.8 Å². The van der Waals surface area contributed by atoms with Gasteiger partial charge in [0.2, 0.25) is 5.28 Å². The fourth-order valence-electron chi connectivity index (χ4n) is 1.93. The van der Waals surface area contributed by atoms with Crippen molar-refractivity contribution in [1.82, 2.24) is 9.97 Å². The third kappa shape index (κ3) is 3.22. The van der Waals surface area contributed by atoms with E-state index in [2.05, 4.69) is 22.2 Å². The van der Waals surface area contributed by atoms with Crippen LogP contribution in [0.3, 0.4) is 0 Å². The average Bonchev–Trinajstić information content (AvgIpc) is 3.08. The molecule has 1 unspecified atom stereocenters. The summed E-state index contributed by atoms with van der Waals surface area (Å²) in [6, 6.07) is 0.426. The molecule has 0 spiro atoms. The van der Waals surface area contributed by atoms with E-state index in [1.165, 1.54) is 19.3 Å². The number of nitrogens with two attached hydrogens (primary N) is 1. The lowest BCUT2D eigenvalue weighted by atomic mass is 10.1. The van der Waals surface area contributed by atoms with Gasteiger partial charge in [-0.15, -0.1) is 0 Å². The Morgan fingerprint density at radius 1 is 1.47 bits per heavy atom. The maximum Gasteiger partial charge on any atom is 0.224 e. The molecule has 1 aromatic rings. The van der Waals surface area contributed by atoms with E-state index in [0.29, 0.717) is 17.5 Å². The molecule has 0 aliphatic heterocycles. The van der Waals surface area contributed by atoms with Crippen LogP contribution >= 0.6 is 11.6 Å². The Labute approximate surface area is 107 Å². The summed E-state index contributed by atoms with van der Waals surface area (Å²) in [5.74, 6) is 1.56. The highest BCUT2D eigenvalue weighted by molar-refractivity contribution is 6.28. The van der Waals surface area contributed by atoms with Gasteiger partial charge in [0.1, 0.15) is 0 Å². The van der Waals surface area contributed by atoms with Gasteiger partial charge in [0.25, 0.3) is 0 Å². The van der Waals surface area contributed by atoms with E-state index in [0.717, 1.165) is 18.0 Å². The molecule has 2 rings (SSSR count). The normalized spacial score (nSPS) is 16.9. The van der Waals surface area contributed by atoms with Crippen LogP contribution in [0.4, 0.5) is 11.5 Å². The Kier molecular flexibility index (Phi) is 3.72. The second-order valence-corrected chi connectivity index (χ2v) is 5.11. The highest BCUT2D eigenvalue weighted by Gasteiger charge is 2.25. The number of nitrogen functional groups attached to an aromatic ring is 1. The van der Waals surface area contributed by atoms with Crippen molar-refractivity contribution in [2.75, 3.05) is 11.1 Å². The van der Waals surface area contributed by atoms with Gasteiger partial charge in [0.05, 0.1) is 11.4 Å². The summed E-state index contributed by atoms with van der Waals surface area (Å²) >= 11 is 5.85. The van der Waals surface area contributed by atoms with E-state index >= 15 is 0 Å². The van der Waals surface area contributed by atoms with Crippen LogP contribution in [-0.4, -0.2) is 16.0 Å². The van der Waals surface area contributed by atoms with Gasteiger partial charge >= 0.3 is 0 Å². The molecule has 17 heavy (non-hydrogen) atoms. The maximum absolute atomic E-state index is 5.95. The molecule has 1 aliphatic carbocycles. The van der Waals surface area contributed by atoms with Crippen LogP contribution in [-0.2, 0) is 0 Å². The van der Waals surface area contributed by atoms with Crippen molar-refractivity contribution < 1.29 is 0 Å². The highest BCUT2D eigenvalue weighted by Crippen LogP contribution is 2.35. The largest absolute Gasteiger partial charge is 0.394 e. The van der Waals surface area contributed by atoms with Crippen LogP contribution in [0.25, 0.3) is 0 Å². The minimum atomic E-state index is 0.250. The Morgan fingerprint density at radius 2 is 2.18 bits per heavy atom. The smallest absolute Gasteiger partial charge is 0.224 e. The third-order valence-corrected chi connectivity index (χ3v) is 3.43. The van der Waals surface area contributed by atoms with Crippen molar-refractivity contribution in [3.8, 4) is 0 Å². The second kappa shape index (κ2) is 5.08. The molecule has 5 heteroatoms. The molecule has 0 radical (unpaired) electrons. The first kappa shape index (κ1) is 12.4. The Bertz CT molecular complexity index is 404. The van der Waals surface area contributed by atoms with Gasteiger partial charge < -0.3 is 11.1 Å². The van der Waals surface area contributed by atoms with Crippen LogP contribution in [0.15, 0.2) is 0 Å². The molecule has 4 nitrogen and oxygen atoms in total. The summed E-state index contributed by atoms with van der Waals surface area (Å²) in [5, 5.41) is 3.64. The van der Waals surface area contributed by atoms with Crippen molar-refractivity contribution in [3.63, 3.8) is 0 Å². The lowest BCUT2D eigenvalue weighted by molar-refractivity contribution is 0.585. The molecule has 1 aromatic heterocycles. The van der Waals surface area contributed by atoms with E-state index in [1.54, 1.807) is 0 Å². The molecule has 94 valence electrons. The van der Waals surface area contributed by atoms with E-state index < -0.39 is 0 Å². The molecule has 3 N–H and O–H groups in total. The van der Waals surface area contributed by atoms with Crippen molar-refractivity contribution in [3.05, 3.63) is 11.0 Å². The summed E-state index contributed by atoms with van der Waals surface area (Å²) in [6.45, 7) is 4.02. The van der Waals surface area contributed by atoms with Crippen LogP contribution in [0.1, 0.15) is 38.3 Å². The molecule has 0 aromatic carbocycles. The predicted molar refractivity (Wildman–Crippen MR) is 71.2 cm³/mol. The Hall–Kier alpha value is -1.03. The summed E-state index contributed by atoms with van der Waals surface area (Å²) in [5.41, 5.74) is 7.29. The van der Waals surface area contributed by atoms with E-state index in [9.17, 15) is 0 Å². The zero-order valence-electron chi connectivity index (χ0n) is 10.3. The molecule has 1 saturated carbocycles. The molecule has 1 heterocycles. The number of hydrogen-bond acceptors (Lipinski definition) is 4. The van der Waals surface area contributed by atoms with Crippen molar-refractivity contribution in [2.24, 2.45) is 5.92 Å². The molecule has 0 amide bonds. The van der Waals surface area contributed by atoms with Gasteiger partial charge in [0.15, 0.2) is 5.82 Å². The van der Waals surface area contributed by atoms with E-state index in [4.69, 9.17) is 17.3 Å². The molecular formula is C12H19ClN4. The number of nitrogens with zero attached hydrogens (tertiary/aromatic N) is 2. The fourth-order valence-corrected chi connectivity index (χ4v) is 2.15. The molecule has 1 fully saturated rings. The summed E-state index contributed by atoms with van der Waals surface area (Å²) in [4.78, 5) is 8.20. The number of aromatic nitrogens is 2. The molecular weight excluding hydrogens is 236 g/mol. The van der Waals surface area contributed by atoms with E-state index in [1.807, 2.05) is 6.92 Å². The van der Waals surface area contributed by atoms with Gasteiger partial charge in [0, 0.05) is 6.04 Å². The minimum absolute atomic E-state index is 0.250. The number of rotatable bonds is 5. The molecule has 1 atom stereocenters. The highest BCUT2D eigenvalue weighted by atomic mass is 35.5. The first-order chi connectivity index (χ1) is 8.10. The predicted octanol–water partition coefficient (Wildman–Crippen LogP) is 3.01. The lowest BCUT2D eigenvalue weighted by Gasteiger charge is -2.19. The van der Waals surface area contributed by atoms with Crippen LogP contribution < -0.4 is 11.1 Å². The number of anilines is 2. The Balaban J connectivity index is 2.09. The SMILES string of the molecule is CCC(CC1CC1)Nc1nc(Cl)nc(C)c1N. The second-order valence-electron chi connectivity index (χ2n) is 4.77. The first-order valence-corrected chi connectivity index (χ1v) is 6.54. The van der Waals surface area contributed by atoms with Crippen molar-refractivity contribution in [2.45, 2.75) is 45.6 Å². The zero-order chi connectivity index (χ0) is 12.4. The summed E-state index contributed by atoms with van der Waals surface area (Å²) in [7, 11) is 0. The van der Waals surface area contributed by atoms with E-state index in [-0.39, 0.29) is 5.28 Å². The Morgan fingerprint density at radius 3 is 2.76 bits per heavy atom. The third-order valence-electron chi connectivity index (χ3n) is 3.26. The topological polar surface area (TPSA) is 63.8 Å². The van der Waals surface area contributed by atoms with Gasteiger partial charge in [-0.1, -0.05) is 19.8 Å². The number of aryl methyl sites for hydroxylation is 1. The number of halogens is 1. The number of nitrogens with one attached hydrogen (secondary N) is 1. The fraction of sp³-hybridized carbons (Fsp3) is 0.667. The number of hydrogen-bond donors (Lipinski definition) is 2. The summed E-state index contributed by atoms with van der Waals surface area (Å²) in [6.07, 6.45) is 4.97. The standard InChI is InChI=1S/C12H19ClN4/c1-3-9(6-8-4-5-8)16-11-10(14)7(2)15-12(13)17-11/h8-9H,3-6,14H2,1-2H3,(H,15,16,17). The van der Waals surface area contributed by atoms with Crippen LogP contribution in [0.2, 0.25) is 5.28 Å². The zero-order valence-corrected chi connectivity index (χ0v) is 11.1. The van der Waals surface area contributed by atoms with Gasteiger partial charge in [-0.2, -0.15) is 4.98 Å². The minimum Gasteiger partial charge on any atom is -0.394 e. The maximum atomic E-state index is 5.95. The van der Waals surface area contributed by atoms with Gasteiger partial charge in [-0.05, 0) is 37.3 Å². The quantitative estimate of drug-likeness (QED) is 0.793. The van der Waals surface area contributed by atoms with Crippen molar-refractivity contribution >= 4 is 23.1 Å². The van der Waals surface area contributed by atoms with Crippen LogP contribution in [0.5, 0.6) is 0 Å². The van der Waals surface area contributed by atoms with Gasteiger partial charge in [-0.3, -0.25) is 0 Å². The summed E-state index contributed by atoms with van der Waals surface area (Å²) < 4.78 is 0. The lowest BCUT2D eigenvalue weighted by Crippen LogP contribution is -2.21. The molecule has 1 aliphatic rings. The molecule has 0 bridgehead atoms. The average molecular weight is 255 g/mol. The van der Waals surface area contributed by atoms with Gasteiger partial charge in [-0.25, -0.2) is 4.98 Å². The van der Waals surface area contributed by atoms with Crippen molar-refractivity contribution in [1.29, 1.82) is 0 Å². The molecule has 0 saturated heterocycles. The first-order valence-electron chi connectivity index (χ1n) is 6.16. The monoisotopic (exact) mass is 254 g/mol.